The molecule has 0 aliphatic carbocycles. The maximum absolute atomic E-state index is 11.7. The second-order valence-electron chi connectivity index (χ2n) is 8.13. The van der Waals surface area contributed by atoms with E-state index in [4.69, 9.17) is 0 Å². The summed E-state index contributed by atoms with van der Waals surface area (Å²) in [5.74, 6) is -0.670. The lowest BCUT2D eigenvalue weighted by atomic mass is 10.1. The minimum atomic E-state index is -1.00. The molecule has 6 heteroatoms. The average molecular weight is 371 g/mol. The summed E-state index contributed by atoms with van der Waals surface area (Å²) in [6.45, 7) is 4.01. The Labute approximate surface area is 159 Å². The van der Waals surface area contributed by atoms with Crippen molar-refractivity contribution in [3.63, 3.8) is 0 Å². The summed E-state index contributed by atoms with van der Waals surface area (Å²) in [5, 5.41) is 9.89. The predicted octanol–water partition coefficient (Wildman–Crippen LogP) is 0.803. The van der Waals surface area contributed by atoms with Gasteiger partial charge >= 0.3 is 5.91 Å². The quantitative estimate of drug-likeness (QED) is 0.408. The van der Waals surface area contributed by atoms with Crippen LogP contribution in [-0.2, 0) is 9.59 Å². The van der Waals surface area contributed by atoms with Crippen LogP contribution in [0.2, 0.25) is 0 Å². The molecule has 1 aliphatic rings. The number of carbonyl (C=O) groups excluding carboxylic acids is 2. The SMILES string of the molecule is CCCCCCCCCCCC(=O)[NH+]1C=NCC1.C[N+](C)(C)CC(=O)[O-]. The molecule has 0 saturated heterocycles. The first-order valence-electron chi connectivity index (χ1n) is 10.2. The number of amides is 1. The number of aliphatic carboxylic acids is 1. The number of unbranched alkanes of at least 4 members (excludes halogenated alkanes) is 8. The standard InChI is InChI=1S/C15H28N2O.C5H11NO2/c1-2-3-4-5-6-7-8-9-10-11-15(18)17-13-12-16-14-17;1-6(2,3)4-5(7)8/h14H,2-13H2,1H3;4H2,1-3H3/p+1. The molecule has 0 aromatic carbocycles. The molecule has 1 amide bonds. The van der Waals surface area contributed by atoms with Crippen molar-refractivity contribution in [2.45, 2.75) is 71.1 Å². The third-order valence-electron chi connectivity index (χ3n) is 4.23. The number of likely N-dealkylation sites (N-methyl/N-ethyl adjacent to an activating group) is 1. The van der Waals surface area contributed by atoms with Crippen LogP contribution >= 0.6 is 0 Å². The monoisotopic (exact) mass is 370 g/mol. The zero-order valence-corrected chi connectivity index (χ0v) is 17.4. The maximum Gasteiger partial charge on any atom is 0.317 e. The number of nitrogens with one attached hydrogen (secondary N) is 1. The number of hydrogen-bond donors (Lipinski definition) is 1. The van der Waals surface area contributed by atoms with Gasteiger partial charge in [-0.1, -0.05) is 58.3 Å². The summed E-state index contributed by atoms with van der Waals surface area (Å²) in [5.41, 5.74) is 0. The molecule has 0 aromatic rings. The normalized spacial score (nSPS) is 16.2. The van der Waals surface area contributed by atoms with Crippen molar-refractivity contribution in [2.75, 3.05) is 40.8 Å². The highest BCUT2D eigenvalue weighted by Crippen LogP contribution is 2.10. The van der Waals surface area contributed by atoms with Gasteiger partial charge in [-0.15, -0.1) is 0 Å². The van der Waals surface area contributed by atoms with Gasteiger partial charge in [0.2, 0.25) is 0 Å². The molecule has 0 fully saturated rings. The molecule has 26 heavy (non-hydrogen) atoms. The Hall–Kier alpha value is -1.27. The number of aliphatic imine (C=N–C) groups is 1. The van der Waals surface area contributed by atoms with Gasteiger partial charge in [0.25, 0.3) is 0 Å². The van der Waals surface area contributed by atoms with Crippen molar-refractivity contribution in [3.8, 4) is 0 Å². The maximum atomic E-state index is 11.7. The van der Waals surface area contributed by atoms with Crippen LogP contribution in [0.5, 0.6) is 0 Å². The van der Waals surface area contributed by atoms with E-state index < -0.39 is 5.97 Å². The highest BCUT2D eigenvalue weighted by Gasteiger charge is 2.19. The van der Waals surface area contributed by atoms with Crippen LogP contribution < -0.4 is 10.0 Å². The van der Waals surface area contributed by atoms with Crippen LogP contribution in [0, 0.1) is 0 Å². The summed E-state index contributed by atoms with van der Waals surface area (Å²) in [4.78, 5) is 26.7. The molecule has 1 rings (SSSR count). The first-order valence-corrected chi connectivity index (χ1v) is 10.2. The number of carbonyl (C=O) groups is 2. The van der Waals surface area contributed by atoms with E-state index >= 15 is 0 Å². The second kappa shape index (κ2) is 14.9. The van der Waals surface area contributed by atoms with Gasteiger partial charge < -0.3 is 14.4 Å². The lowest BCUT2D eigenvalue weighted by Crippen LogP contribution is -3.12. The minimum Gasteiger partial charge on any atom is -0.544 e. The average Bonchev–Trinajstić information content (AvgIpc) is 3.06. The molecule has 0 spiro atoms. The summed E-state index contributed by atoms with van der Waals surface area (Å²) in [6.07, 6.45) is 14.3. The van der Waals surface area contributed by atoms with Crippen LogP contribution in [0.4, 0.5) is 0 Å². The zero-order chi connectivity index (χ0) is 19.8. The van der Waals surface area contributed by atoms with Gasteiger partial charge in [0.05, 0.1) is 40.1 Å². The number of rotatable bonds is 12. The molecule has 1 atom stereocenters. The predicted molar refractivity (Wildman–Crippen MR) is 104 cm³/mol. The first-order chi connectivity index (χ1) is 12.3. The zero-order valence-electron chi connectivity index (χ0n) is 17.4. The van der Waals surface area contributed by atoms with Crippen molar-refractivity contribution in [3.05, 3.63) is 0 Å². The smallest absolute Gasteiger partial charge is 0.317 e. The van der Waals surface area contributed by atoms with Gasteiger partial charge in [-0.25, -0.2) is 14.7 Å². The van der Waals surface area contributed by atoms with E-state index in [1.54, 1.807) is 27.5 Å². The molecular formula is C20H40N3O3+. The fourth-order valence-electron chi connectivity index (χ4n) is 2.78. The molecular weight excluding hydrogens is 330 g/mol. The number of quaternary nitrogens is 2. The first kappa shape index (κ1) is 24.7. The lowest BCUT2D eigenvalue weighted by Gasteiger charge is -2.23. The van der Waals surface area contributed by atoms with Crippen molar-refractivity contribution < 1.29 is 24.1 Å². The van der Waals surface area contributed by atoms with Gasteiger partial charge in [-0.3, -0.25) is 0 Å². The van der Waals surface area contributed by atoms with Crippen LogP contribution in [0.25, 0.3) is 0 Å². The van der Waals surface area contributed by atoms with Crippen molar-refractivity contribution in [1.29, 1.82) is 0 Å². The molecule has 152 valence electrons. The lowest BCUT2D eigenvalue weighted by molar-refractivity contribution is -0.864. The van der Waals surface area contributed by atoms with E-state index in [0.29, 0.717) is 10.4 Å². The highest BCUT2D eigenvalue weighted by atomic mass is 16.4. The summed E-state index contributed by atoms with van der Waals surface area (Å²) in [6, 6.07) is 0. The van der Waals surface area contributed by atoms with E-state index in [1.807, 2.05) is 0 Å². The summed E-state index contributed by atoms with van der Waals surface area (Å²) in [7, 11) is 5.40. The number of nitrogens with zero attached hydrogens (tertiary/aromatic N) is 2. The Morgan fingerprint density at radius 2 is 1.54 bits per heavy atom. The Morgan fingerprint density at radius 1 is 1.00 bits per heavy atom. The summed E-state index contributed by atoms with van der Waals surface area (Å²) >= 11 is 0. The molecule has 0 aromatic heterocycles. The van der Waals surface area contributed by atoms with Crippen LogP contribution in [-0.4, -0.2) is 63.5 Å². The van der Waals surface area contributed by atoms with E-state index in [-0.39, 0.29) is 6.54 Å². The fraction of sp³-hybridized carbons (Fsp3) is 0.850. The minimum absolute atomic E-state index is 0.0694. The molecule has 6 nitrogen and oxygen atoms in total. The van der Waals surface area contributed by atoms with Gasteiger partial charge in [-0.05, 0) is 6.42 Å². The Kier molecular flexibility index (Phi) is 14.1. The van der Waals surface area contributed by atoms with Crippen LogP contribution in [0.1, 0.15) is 71.1 Å². The van der Waals surface area contributed by atoms with Crippen molar-refractivity contribution in [1.82, 2.24) is 0 Å². The molecule has 1 aliphatic heterocycles. The van der Waals surface area contributed by atoms with Crippen LogP contribution in [0.15, 0.2) is 4.99 Å². The van der Waals surface area contributed by atoms with E-state index in [1.165, 1.54) is 51.4 Å². The highest BCUT2D eigenvalue weighted by molar-refractivity contribution is 5.74. The number of hydrogen-bond acceptors (Lipinski definition) is 4. The molecule has 0 saturated carbocycles. The number of carboxylic acid groups (broad SMARTS) is 1. The second-order valence-corrected chi connectivity index (χ2v) is 8.13. The van der Waals surface area contributed by atoms with Gasteiger partial charge in [0.15, 0.2) is 6.34 Å². The third-order valence-corrected chi connectivity index (χ3v) is 4.23. The molecule has 1 N–H and O–H groups in total. The topological polar surface area (TPSA) is 74.0 Å². The Morgan fingerprint density at radius 3 is 1.92 bits per heavy atom. The third kappa shape index (κ3) is 16.2. The fourth-order valence-corrected chi connectivity index (χ4v) is 2.78. The van der Waals surface area contributed by atoms with E-state index in [0.717, 1.165) is 30.8 Å². The Balaban J connectivity index is 0.000000660. The van der Waals surface area contributed by atoms with Crippen molar-refractivity contribution >= 4 is 18.2 Å². The van der Waals surface area contributed by atoms with Gasteiger partial charge in [0, 0.05) is 0 Å². The number of carboxylic acids is 1. The molecule has 1 heterocycles. The van der Waals surface area contributed by atoms with Crippen LogP contribution in [0.3, 0.4) is 0 Å². The Bertz CT molecular complexity index is 417. The largest absolute Gasteiger partial charge is 0.544 e. The van der Waals surface area contributed by atoms with Gasteiger partial charge in [0.1, 0.15) is 13.1 Å². The van der Waals surface area contributed by atoms with E-state index in [2.05, 4.69) is 11.9 Å². The molecule has 1 unspecified atom stereocenters. The van der Waals surface area contributed by atoms with Gasteiger partial charge in [-0.2, -0.15) is 0 Å². The molecule has 0 radical (unpaired) electrons. The van der Waals surface area contributed by atoms with Crippen molar-refractivity contribution in [2.24, 2.45) is 4.99 Å². The van der Waals surface area contributed by atoms with E-state index in [9.17, 15) is 14.7 Å². The summed E-state index contributed by atoms with van der Waals surface area (Å²) < 4.78 is 0.419. The molecule has 0 bridgehead atoms.